The van der Waals surface area contributed by atoms with Gasteiger partial charge in [-0.2, -0.15) is 0 Å². The highest BCUT2D eigenvalue weighted by Gasteiger charge is 2.25. The Labute approximate surface area is 190 Å². The van der Waals surface area contributed by atoms with Gasteiger partial charge in [0, 0.05) is 78.0 Å². The molecular formula is C23H36FN5O3. The van der Waals surface area contributed by atoms with Gasteiger partial charge in [-0.1, -0.05) is 0 Å². The lowest BCUT2D eigenvalue weighted by atomic mass is 10.1. The molecule has 1 aromatic carbocycles. The van der Waals surface area contributed by atoms with Gasteiger partial charge in [-0.05, 0) is 30.7 Å². The number of ether oxygens (including phenoxy) is 2. The summed E-state index contributed by atoms with van der Waals surface area (Å²) in [5.74, 6) is 1.25. The van der Waals surface area contributed by atoms with Gasteiger partial charge in [-0.3, -0.25) is 9.79 Å². The molecule has 0 saturated carbocycles. The van der Waals surface area contributed by atoms with Crippen molar-refractivity contribution in [3.05, 3.63) is 30.1 Å². The lowest BCUT2D eigenvalue weighted by molar-refractivity contribution is -0.131. The van der Waals surface area contributed by atoms with E-state index in [1.807, 2.05) is 4.90 Å². The van der Waals surface area contributed by atoms with Crippen molar-refractivity contribution in [1.29, 1.82) is 0 Å². The van der Waals surface area contributed by atoms with E-state index in [2.05, 4.69) is 20.1 Å². The molecule has 2 fully saturated rings. The standard InChI is InChI=1S/C23H36FN5O3/c1-25-23(29-10-8-19(17-29)18-32-16-15-31-2)26-9-7-22(30)28-13-11-27(12-14-28)21-5-3-20(24)4-6-21/h3-6,19H,7-18H2,1-2H3,(H,25,26). The minimum Gasteiger partial charge on any atom is -0.382 e. The number of halogens is 1. The molecule has 1 N–H and O–H groups in total. The summed E-state index contributed by atoms with van der Waals surface area (Å²) in [6.45, 7) is 7.28. The number of benzene rings is 1. The number of carbonyl (C=O) groups excluding carboxylic acids is 1. The summed E-state index contributed by atoms with van der Waals surface area (Å²) in [4.78, 5) is 23.4. The van der Waals surface area contributed by atoms with Crippen molar-refractivity contribution >= 4 is 17.6 Å². The number of hydrogen-bond donors (Lipinski definition) is 1. The molecule has 3 rings (SSSR count). The molecule has 2 aliphatic rings. The zero-order valence-electron chi connectivity index (χ0n) is 19.3. The normalized spacial score (nSPS) is 19.5. The molecule has 2 heterocycles. The molecule has 0 bridgehead atoms. The van der Waals surface area contributed by atoms with Crippen LogP contribution < -0.4 is 10.2 Å². The van der Waals surface area contributed by atoms with Crippen LogP contribution in [0.3, 0.4) is 0 Å². The van der Waals surface area contributed by atoms with Crippen molar-refractivity contribution in [2.45, 2.75) is 12.8 Å². The van der Waals surface area contributed by atoms with Crippen LogP contribution in [0.15, 0.2) is 29.3 Å². The number of piperazine rings is 1. The van der Waals surface area contributed by atoms with E-state index < -0.39 is 0 Å². The van der Waals surface area contributed by atoms with Crippen LogP contribution in [0.2, 0.25) is 0 Å². The van der Waals surface area contributed by atoms with Gasteiger partial charge in [0.25, 0.3) is 0 Å². The van der Waals surface area contributed by atoms with E-state index in [1.54, 1.807) is 26.3 Å². The summed E-state index contributed by atoms with van der Waals surface area (Å²) < 4.78 is 23.8. The summed E-state index contributed by atoms with van der Waals surface area (Å²) in [5.41, 5.74) is 0.997. The van der Waals surface area contributed by atoms with Crippen molar-refractivity contribution in [2.24, 2.45) is 10.9 Å². The molecule has 0 spiro atoms. The van der Waals surface area contributed by atoms with Crippen LogP contribution in [0.1, 0.15) is 12.8 Å². The zero-order chi connectivity index (χ0) is 22.8. The average Bonchev–Trinajstić information content (AvgIpc) is 3.29. The number of guanidine groups is 1. The highest BCUT2D eigenvalue weighted by Crippen LogP contribution is 2.18. The lowest BCUT2D eigenvalue weighted by Gasteiger charge is -2.36. The highest BCUT2D eigenvalue weighted by atomic mass is 19.1. The van der Waals surface area contributed by atoms with Gasteiger partial charge in [0.2, 0.25) is 5.91 Å². The number of rotatable bonds is 9. The van der Waals surface area contributed by atoms with Crippen LogP contribution >= 0.6 is 0 Å². The van der Waals surface area contributed by atoms with Crippen LogP contribution in [0, 0.1) is 11.7 Å². The second kappa shape index (κ2) is 12.6. The van der Waals surface area contributed by atoms with E-state index in [-0.39, 0.29) is 11.7 Å². The van der Waals surface area contributed by atoms with Crippen molar-refractivity contribution < 1.29 is 18.7 Å². The van der Waals surface area contributed by atoms with Gasteiger partial charge in [-0.15, -0.1) is 0 Å². The molecule has 0 radical (unpaired) electrons. The summed E-state index contributed by atoms with van der Waals surface area (Å²) in [6.07, 6.45) is 1.51. The quantitative estimate of drug-likeness (QED) is 0.349. The third-order valence-electron chi connectivity index (χ3n) is 6.03. The number of methoxy groups -OCH3 is 1. The number of anilines is 1. The Morgan fingerprint density at radius 3 is 2.56 bits per heavy atom. The van der Waals surface area contributed by atoms with Gasteiger partial charge >= 0.3 is 0 Å². The Kier molecular flexibility index (Phi) is 9.55. The van der Waals surface area contributed by atoms with Crippen molar-refractivity contribution in [3.8, 4) is 0 Å². The largest absolute Gasteiger partial charge is 0.382 e. The molecule has 2 aliphatic heterocycles. The first kappa shape index (κ1) is 24.3. The monoisotopic (exact) mass is 449 g/mol. The van der Waals surface area contributed by atoms with Crippen LogP contribution in [0.5, 0.6) is 0 Å². The second-order valence-corrected chi connectivity index (χ2v) is 8.24. The number of nitrogens with one attached hydrogen (secondary N) is 1. The zero-order valence-corrected chi connectivity index (χ0v) is 19.3. The molecule has 1 unspecified atom stereocenters. The number of nitrogens with zero attached hydrogens (tertiary/aromatic N) is 4. The maximum Gasteiger partial charge on any atom is 0.224 e. The van der Waals surface area contributed by atoms with Gasteiger partial charge in [0.1, 0.15) is 5.82 Å². The van der Waals surface area contributed by atoms with E-state index in [9.17, 15) is 9.18 Å². The lowest BCUT2D eigenvalue weighted by Crippen LogP contribution is -2.49. The summed E-state index contributed by atoms with van der Waals surface area (Å²) >= 11 is 0. The molecule has 178 valence electrons. The fraction of sp³-hybridized carbons (Fsp3) is 0.652. The van der Waals surface area contributed by atoms with Crippen LogP contribution in [0.25, 0.3) is 0 Å². The molecule has 32 heavy (non-hydrogen) atoms. The first-order valence-electron chi connectivity index (χ1n) is 11.4. The number of carbonyl (C=O) groups is 1. The maximum atomic E-state index is 13.1. The molecule has 9 heteroatoms. The second-order valence-electron chi connectivity index (χ2n) is 8.24. The van der Waals surface area contributed by atoms with Crippen LogP contribution in [0.4, 0.5) is 10.1 Å². The van der Waals surface area contributed by atoms with E-state index >= 15 is 0 Å². The number of aliphatic imine (C=N–C) groups is 1. The summed E-state index contributed by atoms with van der Waals surface area (Å²) in [5, 5.41) is 3.34. The van der Waals surface area contributed by atoms with E-state index in [0.717, 1.165) is 50.9 Å². The predicted molar refractivity (Wildman–Crippen MR) is 124 cm³/mol. The number of amides is 1. The molecule has 1 amide bonds. The van der Waals surface area contributed by atoms with Crippen LogP contribution in [-0.4, -0.2) is 101 Å². The van der Waals surface area contributed by atoms with Gasteiger partial charge in [0.15, 0.2) is 5.96 Å². The predicted octanol–water partition coefficient (Wildman–Crippen LogP) is 1.42. The molecule has 1 atom stereocenters. The highest BCUT2D eigenvalue weighted by molar-refractivity contribution is 5.81. The first-order valence-corrected chi connectivity index (χ1v) is 11.4. The Balaban J connectivity index is 1.34. The topological polar surface area (TPSA) is 69.6 Å². The first-order chi connectivity index (χ1) is 15.6. The van der Waals surface area contributed by atoms with Gasteiger partial charge in [0.05, 0.1) is 19.8 Å². The van der Waals surface area contributed by atoms with Crippen molar-refractivity contribution in [3.63, 3.8) is 0 Å². The summed E-state index contributed by atoms with van der Waals surface area (Å²) in [6, 6.07) is 6.53. The smallest absolute Gasteiger partial charge is 0.224 e. The van der Waals surface area contributed by atoms with E-state index in [0.29, 0.717) is 45.2 Å². The van der Waals surface area contributed by atoms with Crippen LogP contribution in [-0.2, 0) is 14.3 Å². The Hall–Kier alpha value is -2.39. The molecule has 1 aromatic rings. The van der Waals surface area contributed by atoms with Gasteiger partial charge in [-0.25, -0.2) is 4.39 Å². The number of likely N-dealkylation sites (tertiary alicyclic amines) is 1. The summed E-state index contributed by atoms with van der Waals surface area (Å²) in [7, 11) is 3.45. The van der Waals surface area contributed by atoms with Crippen molar-refractivity contribution in [1.82, 2.24) is 15.1 Å². The minimum absolute atomic E-state index is 0.151. The molecular weight excluding hydrogens is 413 g/mol. The molecule has 0 aromatic heterocycles. The van der Waals surface area contributed by atoms with E-state index in [4.69, 9.17) is 9.47 Å². The maximum absolute atomic E-state index is 13.1. The Bertz CT molecular complexity index is 738. The molecule has 0 aliphatic carbocycles. The van der Waals surface area contributed by atoms with Gasteiger partial charge < -0.3 is 29.5 Å². The Morgan fingerprint density at radius 2 is 1.88 bits per heavy atom. The molecule has 8 nitrogen and oxygen atoms in total. The van der Waals surface area contributed by atoms with E-state index in [1.165, 1.54) is 12.1 Å². The fourth-order valence-corrected chi connectivity index (χ4v) is 4.19. The third kappa shape index (κ3) is 7.06. The number of hydrogen-bond acceptors (Lipinski definition) is 5. The minimum atomic E-state index is -0.232. The Morgan fingerprint density at radius 1 is 1.12 bits per heavy atom. The van der Waals surface area contributed by atoms with Crippen molar-refractivity contribution in [2.75, 3.05) is 84.7 Å². The average molecular weight is 450 g/mol. The fourth-order valence-electron chi connectivity index (χ4n) is 4.19. The molecule has 2 saturated heterocycles. The third-order valence-corrected chi connectivity index (χ3v) is 6.03. The SMILES string of the molecule is CN=C(NCCC(=O)N1CCN(c2ccc(F)cc2)CC1)N1CCC(COCCOC)C1.